The van der Waals surface area contributed by atoms with Gasteiger partial charge in [-0.3, -0.25) is 9.69 Å². The normalized spacial score (nSPS) is 15.5. The lowest BCUT2D eigenvalue weighted by Gasteiger charge is -2.18. The van der Waals surface area contributed by atoms with Crippen LogP contribution >= 0.6 is 27.3 Å². The Hall–Kier alpha value is -0.390. The summed E-state index contributed by atoms with van der Waals surface area (Å²) in [6.45, 7) is 3.88. The van der Waals surface area contributed by atoms with Gasteiger partial charge >= 0.3 is 5.97 Å². The van der Waals surface area contributed by atoms with Gasteiger partial charge in [-0.05, 0) is 47.7 Å². The zero-order valence-electron chi connectivity index (χ0n) is 9.78. The van der Waals surface area contributed by atoms with Crippen molar-refractivity contribution in [2.24, 2.45) is 5.92 Å². The molecule has 0 unspecified atom stereocenters. The van der Waals surface area contributed by atoms with Crippen LogP contribution in [0.2, 0.25) is 0 Å². The Morgan fingerprint density at radius 3 is 2.82 bits per heavy atom. The van der Waals surface area contributed by atoms with Gasteiger partial charge in [0.1, 0.15) is 0 Å². The molecule has 1 N–H and O–H groups in total. The van der Waals surface area contributed by atoms with E-state index in [1.807, 2.05) is 4.90 Å². The van der Waals surface area contributed by atoms with Crippen LogP contribution in [0.15, 0.2) is 10.5 Å². The molecule has 1 aliphatic carbocycles. The van der Waals surface area contributed by atoms with E-state index in [9.17, 15) is 4.79 Å². The van der Waals surface area contributed by atoms with Gasteiger partial charge in [-0.25, -0.2) is 0 Å². The van der Waals surface area contributed by atoms with Crippen LogP contribution in [0.1, 0.15) is 22.6 Å². The van der Waals surface area contributed by atoms with Crippen molar-refractivity contribution in [1.29, 1.82) is 0 Å². The number of hydrogen-bond acceptors (Lipinski definition) is 3. The molecule has 94 valence electrons. The van der Waals surface area contributed by atoms with E-state index in [2.05, 4.69) is 28.9 Å². The summed E-state index contributed by atoms with van der Waals surface area (Å²) < 4.78 is 1.12. The summed E-state index contributed by atoms with van der Waals surface area (Å²) in [5.41, 5.74) is 0. The van der Waals surface area contributed by atoms with Gasteiger partial charge in [-0.1, -0.05) is 0 Å². The van der Waals surface area contributed by atoms with Crippen LogP contribution in [0.4, 0.5) is 0 Å². The topological polar surface area (TPSA) is 40.5 Å². The highest BCUT2D eigenvalue weighted by atomic mass is 79.9. The maximum atomic E-state index is 10.8. The third-order valence-electron chi connectivity index (χ3n) is 2.86. The van der Waals surface area contributed by atoms with Gasteiger partial charge in [0, 0.05) is 27.3 Å². The molecule has 5 heteroatoms. The van der Waals surface area contributed by atoms with E-state index < -0.39 is 5.97 Å². The molecule has 1 aromatic rings. The van der Waals surface area contributed by atoms with Crippen molar-refractivity contribution < 1.29 is 9.90 Å². The summed E-state index contributed by atoms with van der Waals surface area (Å²) in [7, 11) is 0. The van der Waals surface area contributed by atoms with Crippen molar-refractivity contribution in [1.82, 2.24) is 4.90 Å². The summed E-state index contributed by atoms with van der Waals surface area (Å²) in [6.07, 6.45) is 2.51. The van der Waals surface area contributed by atoms with E-state index in [1.54, 1.807) is 11.3 Å². The maximum absolute atomic E-state index is 10.8. The molecule has 0 bridgehead atoms. The molecule has 0 atom stereocenters. The van der Waals surface area contributed by atoms with Crippen molar-refractivity contribution in [3.63, 3.8) is 0 Å². The molecule has 0 radical (unpaired) electrons. The zero-order chi connectivity index (χ0) is 12.4. The second-order valence-electron chi connectivity index (χ2n) is 4.62. The smallest absolute Gasteiger partial charge is 0.317 e. The predicted molar refractivity (Wildman–Crippen MR) is 72.4 cm³/mol. The van der Waals surface area contributed by atoms with Gasteiger partial charge in [0.2, 0.25) is 0 Å². The third kappa shape index (κ3) is 4.08. The third-order valence-corrected chi connectivity index (χ3v) is 4.98. The molecule has 2 rings (SSSR count). The highest BCUT2D eigenvalue weighted by Gasteiger charge is 2.25. The van der Waals surface area contributed by atoms with Gasteiger partial charge in [-0.2, -0.15) is 0 Å². The van der Waals surface area contributed by atoms with Gasteiger partial charge in [0.25, 0.3) is 0 Å². The quantitative estimate of drug-likeness (QED) is 0.876. The summed E-state index contributed by atoms with van der Waals surface area (Å²) in [5.74, 6) is -0.0168. The maximum Gasteiger partial charge on any atom is 0.317 e. The highest BCUT2D eigenvalue weighted by molar-refractivity contribution is 9.10. The fourth-order valence-electron chi connectivity index (χ4n) is 1.86. The van der Waals surface area contributed by atoms with Crippen LogP contribution < -0.4 is 0 Å². The number of halogens is 1. The number of thiophene rings is 1. The first-order chi connectivity index (χ1) is 8.04. The first-order valence-electron chi connectivity index (χ1n) is 5.73. The van der Waals surface area contributed by atoms with E-state index in [-0.39, 0.29) is 6.54 Å². The molecule has 0 saturated heterocycles. The fourth-order valence-corrected chi connectivity index (χ4v) is 3.50. The molecule has 0 aliphatic heterocycles. The molecule has 1 saturated carbocycles. The molecule has 1 aliphatic rings. The van der Waals surface area contributed by atoms with E-state index >= 15 is 0 Å². The van der Waals surface area contributed by atoms with Crippen LogP contribution in [-0.2, 0) is 11.3 Å². The average Bonchev–Trinajstić information content (AvgIpc) is 2.94. The second-order valence-corrected chi connectivity index (χ2v) is 6.82. The molecule has 0 amide bonds. The minimum Gasteiger partial charge on any atom is -0.480 e. The van der Waals surface area contributed by atoms with E-state index in [4.69, 9.17) is 5.11 Å². The Morgan fingerprint density at radius 1 is 1.65 bits per heavy atom. The molecule has 1 heterocycles. The molecule has 1 aromatic heterocycles. The van der Waals surface area contributed by atoms with Gasteiger partial charge in [-0.15, -0.1) is 11.3 Å². The Balaban J connectivity index is 1.97. The average molecular weight is 318 g/mol. The van der Waals surface area contributed by atoms with Crippen molar-refractivity contribution in [3.05, 3.63) is 20.3 Å². The molecule has 1 fully saturated rings. The van der Waals surface area contributed by atoms with Crippen molar-refractivity contribution >= 4 is 33.2 Å². The summed E-state index contributed by atoms with van der Waals surface area (Å²) in [5, 5.41) is 8.91. The Bertz CT molecular complexity index is 395. The first-order valence-corrected chi connectivity index (χ1v) is 7.34. The van der Waals surface area contributed by atoms with Gasteiger partial charge in [0.05, 0.1) is 6.54 Å². The van der Waals surface area contributed by atoms with E-state index in [1.165, 1.54) is 22.6 Å². The number of carboxylic acids is 1. The number of nitrogens with zero attached hydrogens (tertiary/aromatic N) is 1. The molecule has 17 heavy (non-hydrogen) atoms. The lowest BCUT2D eigenvalue weighted by Crippen LogP contribution is -2.30. The van der Waals surface area contributed by atoms with Crippen LogP contribution in [0.25, 0.3) is 0 Å². The predicted octanol–water partition coefficient (Wildman–Crippen LogP) is 3.12. The SMILES string of the molecule is Cc1sc(CN(CC(=O)O)CC2CC2)cc1Br. The Labute approximate surface area is 114 Å². The van der Waals surface area contributed by atoms with Crippen molar-refractivity contribution in [2.75, 3.05) is 13.1 Å². The Morgan fingerprint density at radius 2 is 2.35 bits per heavy atom. The molecule has 3 nitrogen and oxygen atoms in total. The number of aliphatic carboxylic acids is 1. The van der Waals surface area contributed by atoms with E-state index in [0.29, 0.717) is 0 Å². The van der Waals surface area contributed by atoms with Crippen LogP contribution in [0.5, 0.6) is 0 Å². The summed E-state index contributed by atoms with van der Waals surface area (Å²) >= 11 is 5.23. The second kappa shape index (κ2) is 5.50. The number of hydrogen-bond donors (Lipinski definition) is 1. The number of carbonyl (C=O) groups is 1. The lowest BCUT2D eigenvalue weighted by molar-refractivity contribution is -0.138. The van der Waals surface area contributed by atoms with Crippen LogP contribution in [0.3, 0.4) is 0 Å². The molecular formula is C12H16BrNO2S. The largest absolute Gasteiger partial charge is 0.480 e. The number of rotatable bonds is 6. The molecular weight excluding hydrogens is 302 g/mol. The summed E-state index contributed by atoms with van der Waals surface area (Å²) in [6, 6.07) is 2.10. The lowest BCUT2D eigenvalue weighted by atomic mass is 10.3. The minimum atomic E-state index is -0.738. The van der Waals surface area contributed by atoms with Crippen LogP contribution in [-0.4, -0.2) is 29.1 Å². The summed E-state index contributed by atoms with van der Waals surface area (Å²) in [4.78, 5) is 15.4. The van der Waals surface area contributed by atoms with Gasteiger partial charge in [0.15, 0.2) is 0 Å². The van der Waals surface area contributed by atoms with E-state index in [0.717, 1.165) is 23.5 Å². The van der Waals surface area contributed by atoms with Crippen molar-refractivity contribution in [2.45, 2.75) is 26.3 Å². The number of carboxylic acid groups (broad SMARTS) is 1. The Kier molecular flexibility index (Phi) is 4.22. The molecule has 0 aromatic carbocycles. The molecule has 0 spiro atoms. The van der Waals surface area contributed by atoms with Gasteiger partial charge < -0.3 is 5.11 Å². The zero-order valence-corrected chi connectivity index (χ0v) is 12.2. The number of aryl methyl sites for hydroxylation is 1. The minimum absolute atomic E-state index is 0.144. The van der Waals surface area contributed by atoms with Crippen molar-refractivity contribution in [3.8, 4) is 0 Å². The highest BCUT2D eigenvalue weighted by Crippen LogP contribution is 2.31. The fraction of sp³-hybridized carbons (Fsp3) is 0.583. The monoisotopic (exact) mass is 317 g/mol. The standard InChI is InChI=1S/C12H16BrNO2S/c1-8-11(13)4-10(17-8)6-14(7-12(15)16)5-9-2-3-9/h4,9H,2-3,5-7H2,1H3,(H,15,16). The first kappa shape index (κ1) is 13.1. The van der Waals surface area contributed by atoms with Crippen LogP contribution in [0, 0.1) is 12.8 Å².